The largest absolute Gasteiger partial charge is 0.366 e. The van der Waals surface area contributed by atoms with Crippen LogP contribution in [0.4, 0.5) is 11.5 Å². The Morgan fingerprint density at radius 2 is 2.35 bits per heavy atom. The van der Waals surface area contributed by atoms with E-state index >= 15 is 0 Å². The molecule has 0 saturated carbocycles. The Morgan fingerprint density at radius 3 is 3.24 bits per heavy atom. The second-order valence-corrected chi connectivity index (χ2v) is 5.20. The summed E-state index contributed by atoms with van der Waals surface area (Å²) in [6.07, 6.45) is 6.21. The minimum absolute atomic E-state index is 0.626. The Balaban J connectivity index is 1.75. The predicted octanol–water partition coefficient (Wildman–Crippen LogP) is 2.82. The molecule has 2 aliphatic heterocycles. The molecule has 1 atom stereocenters. The second kappa shape index (κ2) is 4.55. The summed E-state index contributed by atoms with van der Waals surface area (Å²) >= 11 is 0. The third kappa shape index (κ3) is 2.11. The summed E-state index contributed by atoms with van der Waals surface area (Å²) in [7, 11) is 0. The van der Waals surface area contributed by atoms with Crippen LogP contribution in [0.5, 0.6) is 0 Å². The summed E-state index contributed by atoms with van der Waals surface area (Å²) in [6.45, 7) is 4.58. The average Bonchev–Trinajstić information content (AvgIpc) is 2.72. The van der Waals surface area contributed by atoms with E-state index in [9.17, 15) is 0 Å². The van der Waals surface area contributed by atoms with Gasteiger partial charge in [-0.3, -0.25) is 0 Å². The van der Waals surface area contributed by atoms with Crippen molar-refractivity contribution in [3.63, 3.8) is 0 Å². The maximum atomic E-state index is 4.77. The molecule has 2 aliphatic rings. The smallest absolute Gasteiger partial charge is 0.150 e. The van der Waals surface area contributed by atoms with Crippen LogP contribution < -0.4 is 10.2 Å². The average molecular weight is 231 g/mol. The predicted molar refractivity (Wildman–Crippen MR) is 71.7 cm³/mol. The zero-order chi connectivity index (χ0) is 11.7. The van der Waals surface area contributed by atoms with Crippen LogP contribution in [0.3, 0.4) is 0 Å². The minimum atomic E-state index is 0.626. The van der Waals surface area contributed by atoms with E-state index in [0.717, 1.165) is 18.8 Å². The molecule has 3 heterocycles. The lowest BCUT2D eigenvalue weighted by atomic mass is 10.1. The minimum Gasteiger partial charge on any atom is -0.366 e. The van der Waals surface area contributed by atoms with Gasteiger partial charge in [0, 0.05) is 24.8 Å². The van der Waals surface area contributed by atoms with E-state index in [0.29, 0.717) is 6.04 Å². The van der Waals surface area contributed by atoms with E-state index < -0.39 is 0 Å². The Labute approximate surface area is 103 Å². The molecule has 1 aromatic rings. The quantitative estimate of drug-likeness (QED) is 0.808. The zero-order valence-corrected chi connectivity index (χ0v) is 10.6. The molecule has 0 aliphatic carbocycles. The molecule has 3 heteroatoms. The van der Waals surface area contributed by atoms with Gasteiger partial charge in [-0.25, -0.2) is 4.98 Å². The molecule has 3 rings (SSSR count). The fourth-order valence-electron chi connectivity index (χ4n) is 2.84. The van der Waals surface area contributed by atoms with E-state index in [1.165, 1.54) is 43.6 Å². The molecule has 1 N–H and O–H groups in total. The van der Waals surface area contributed by atoms with Gasteiger partial charge in [0.25, 0.3) is 0 Å². The van der Waals surface area contributed by atoms with Crippen molar-refractivity contribution in [1.29, 1.82) is 0 Å². The van der Waals surface area contributed by atoms with Crippen molar-refractivity contribution in [3.8, 4) is 0 Å². The van der Waals surface area contributed by atoms with Gasteiger partial charge in [-0.2, -0.15) is 0 Å². The first-order valence-corrected chi connectivity index (χ1v) is 6.88. The van der Waals surface area contributed by atoms with Gasteiger partial charge in [0.1, 0.15) is 5.82 Å². The third-order valence-electron chi connectivity index (χ3n) is 3.84. The molecule has 2 bridgehead atoms. The fraction of sp³-hybridized carbons (Fsp3) is 0.643. The van der Waals surface area contributed by atoms with Crippen molar-refractivity contribution in [2.24, 2.45) is 0 Å². The van der Waals surface area contributed by atoms with Gasteiger partial charge in [-0.15, -0.1) is 0 Å². The van der Waals surface area contributed by atoms with Crippen molar-refractivity contribution in [1.82, 2.24) is 4.98 Å². The molecule has 0 aromatic carbocycles. The number of nitrogens with one attached hydrogen (secondary N) is 1. The molecule has 1 saturated heterocycles. The number of hydrogen-bond donors (Lipinski definition) is 1. The van der Waals surface area contributed by atoms with Gasteiger partial charge in [0.15, 0.2) is 0 Å². The Morgan fingerprint density at radius 1 is 1.41 bits per heavy atom. The van der Waals surface area contributed by atoms with Gasteiger partial charge >= 0.3 is 0 Å². The molecule has 1 aromatic heterocycles. The lowest BCUT2D eigenvalue weighted by Crippen LogP contribution is -2.32. The van der Waals surface area contributed by atoms with Crippen LogP contribution in [0.2, 0.25) is 0 Å². The first kappa shape index (κ1) is 10.9. The van der Waals surface area contributed by atoms with Gasteiger partial charge in [0.2, 0.25) is 0 Å². The number of anilines is 2. The fourth-order valence-corrected chi connectivity index (χ4v) is 2.84. The number of rotatable bonds is 4. The van der Waals surface area contributed by atoms with E-state index in [1.54, 1.807) is 0 Å². The summed E-state index contributed by atoms with van der Waals surface area (Å²) < 4.78 is 0. The summed E-state index contributed by atoms with van der Waals surface area (Å²) in [4.78, 5) is 7.23. The van der Waals surface area contributed by atoms with Crippen molar-refractivity contribution >= 4 is 11.5 Å². The molecule has 1 fully saturated rings. The highest BCUT2D eigenvalue weighted by atomic mass is 15.3. The van der Waals surface area contributed by atoms with Crippen LogP contribution in [0.1, 0.15) is 38.3 Å². The number of nitrogens with zero attached hydrogens (tertiary/aromatic N) is 2. The molecule has 92 valence electrons. The van der Waals surface area contributed by atoms with E-state index in [2.05, 4.69) is 29.3 Å². The first-order valence-electron chi connectivity index (χ1n) is 6.88. The molecule has 17 heavy (non-hydrogen) atoms. The van der Waals surface area contributed by atoms with Crippen molar-refractivity contribution < 1.29 is 0 Å². The molecule has 0 radical (unpaired) electrons. The molecular formula is C14H21N3. The Kier molecular flexibility index (Phi) is 2.91. The molecular weight excluding hydrogens is 210 g/mol. The normalized spacial score (nSPS) is 21.2. The zero-order valence-electron chi connectivity index (χ0n) is 10.6. The van der Waals surface area contributed by atoms with Gasteiger partial charge in [-0.1, -0.05) is 19.8 Å². The van der Waals surface area contributed by atoms with Crippen molar-refractivity contribution in [2.45, 2.75) is 45.1 Å². The summed E-state index contributed by atoms with van der Waals surface area (Å²) in [5.74, 6) is 1.12. The first-order chi connectivity index (χ1) is 8.36. The highest BCUT2D eigenvalue weighted by Gasteiger charge is 2.30. The van der Waals surface area contributed by atoms with Crippen LogP contribution in [-0.4, -0.2) is 24.1 Å². The summed E-state index contributed by atoms with van der Waals surface area (Å²) in [6, 6.07) is 5.08. The van der Waals surface area contributed by atoms with Gasteiger partial charge < -0.3 is 10.2 Å². The van der Waals surface area contributed by atoms with Crippen LogP contribution in [0.15, 0.2) is 12.1 Å². The molecule has 0 amide bonds. The Bertz CT molecular complexity index is 402. The van der Waals surface area contributed by atoms with Gasteiger partial charge in [-0.05, 0) is 31.4 Å². The SMILES string of the molecule is CCCCCc1ccc2c(n1)N[C@H]1CCN2C1. The lowest BCUT2D eigenvalue weighted by molar-refractivity contribution is 0.705. The number of fused-ring (bicyclic) bond motifs is 4. The standard InChI is InChI=1S/C14H21N3/c1-2-3-4-5-11-6-7-13-14(15-11)16-12-8-9-17(13)10-12/h6-7,12H,2-5,8-10H2,1H3,(H,15,16)/t12-/m0/s1. The number of unbranched alkanes of at least 4 members (excludes halogenated alkanes) is 2. The number of pyridine rings is 1. The number of hydrogen-bond acceptors (Lipinski definition) is 3. The monoisotopic (exact) mass is 231 g/mol. The van der Waals surface area contributed by atoms with Crippen molar-refractivity contribution in [3.05, 3.63) is 17.8 Å². The summed E-state index contributed by atoms with van der Waals surface area (Å²) in [5, 5.41) is 3.57. The maximum Gasteiger partial charge on any atom is 0.150 e. The van der Waals surface area contributed by atoms with Gasteiger partial charge in [0.05, 0.1) is 5.69 Å². The van der Waals surface area contributed by atoms with Crippen LogP contribution >= 0.6 is 0 Å². The second-order valence-electron chi connectivity index (χ2n) is 5.20. The highest BCUT2D eigenvalue weighted by molar-refractivity contribution is 5.70. The lowest BCUT2D eigenvalue weighted by Gasteiger charge is -2.27. The van der Waals surface area contributed by atoms with E-state index in [-0.39, 0.29) is 0 Å². The number of aromatic nitrogens is 1. The summed E-state index contributed by atoms with van der Waals surface area (Å²) in [5.41, 5.74) is 2.55. The molecule has 0 unspecified atom stereocenters. The molecule has 0 spiro atoms. The van der Waals surface area contributed by atoms with E-state index in [1.807, 2.05) is 0 Å². The van der Waals surface area contributed by atoms with Crippen LogP contribution in [0, 0.1) is 0 Å². The third-order valence-corrected chi connectivity index (χ3v) is 3.84. The maximum absolute atomic E-state index is 4.77. The molecule has 3 nitrogen and oxygen atoms in total. The topological polar surface area (TPSA) is 28.2 Å². The van der Waals surface area contributed by atoms with Crippen LogP contribution in [0.25, 0.3) is 0 Å². The number of aryl methyl sites for hydroxylation is 1. The Hall–Kier alpha value is -1.25. The van der Waals surface area contributed by atoms with Crippen LogP contribution in [-0.2, 0) is 6.42 Å². The highest BCUT2D eigenvalue weighted by Crippen LogP contribution is 2.34. The van der Waals surface area contributed by atoms with E-state index in [4.69, 9.17) is 4.98 Å². The van der Waals surface area contributed by atoms with Crippen molar-refractivity contribution in [2.75, 3.05) is 23.3 Å².